The molecule has 2 atom stereocenters. The van der Waals surface area contributed by atoms with Crippen molar-refractivity contribution in [1.29, 1.82) is 0 Å². The number of carbonyl (C=O) groups excluding carboxylic acids is 1. The van der Waals surface area contributed by atoms with Crippen molar-refractivity contribution in [3.63, 3.8) is 0 Å². The van der Waals surface area contributed by atoms with Crippen molar-refractivity contribution in [2.75, 3.05) is 20.2 Å². The van der Waals surface area contributed by atoms with Crippen LogP contribution in [-0.4, -0.2) is 44.9 Å². The van der Waals surface area contributed by atoms with Crippen molar-refractivity contribution in [1.82, 2.24) is 4.31 Å². The van der Waals surface area contributed by atoms with Crippen LogP contribution in [0.5, 0.6) is 0 Å². The third-order valence-electron chi connectivity index (χ3n) is 3.82. The Morgan fingerprint density at radius 2 is 2.24 bits per heavy atom. The maximum Gasteiger partial charge on any atom is 0.349 e. The monoisotopic (exact) mass is 332 g/mol. The maximum atomic E-state index is 12.8. The number of hydrogen-bond acceptors (Lipinski definition) is 6. The lowest BCUT2D eigenvalue weighted by Crippen LogP contribution is -2.33. The van der Waals surface area contributed by atoms with Crippen LogP contribution < -0.4 is 5.73 Å². The summed E-state index contributed by atoms with van der Waals surface area (Å²) in [5.74, 6) is -0.463. The number of nitrogens with zero attached hydrogens (tertiary/aromatic N) is 1. The summed E-state index contributed by atoms with van der Waals surface area (Å²) in [4.78, 5) is 12.0. The lowest BCUT2D eigenvalue weighted by molar-refractivity contribution is 0.0602. The summed E-state index contributed by atoms with van der Waals surface area (Å²) in [7, 11) is -2.45. The summed E-state index contributed by atoms with van der Waals surface area (Å²) >= 11 is 1.10. The summed E-state index contributed by atoms with van der Waals surface area (Å²) in [6, 6.07) is -0.0474. The van der Waals surface area contributed by atoms with Crippen molar-refractivity contribution in [3.8, 4) is 0 Å². The van der Waals surface area contributed by atoms with Crippen LogP contribution in [-0.2, 0) is 14.8 Å². The average molecular weight is 332 g/mol. The summed E-state index contributed by atoms with van der Waals surface area (Å²) in [5.41, 5.74) is 6.43. The highest BCUT2D eigenvalue weighted by Gasteiger charge is 2.37. The molecule has 1 fully saturated rings. The lowest BCUT2D eigenvalue weighted by atomic mass is 10.0. The van der Waals surface area contributed by atoms with E-state index in [2.05, 4.69) is 4.74 Å². The van der Waals surface area contributed by atoms with Gasteiger partial charge in [-0.15, -0.1) is 11.3 Å². The Kier molecular flexibility index (Phi) is 4.72. The van der Waals surface area contributed by atoms with Crippen molar-refractivity contribution in [3.05, 3.63) is 15.8 Å². The number of hydrogen-bond donors (Lipinski definition) is 1. The van der Waals surface area contributed by atoms with Gasteiger partial charge in [-0.2, -0.15) is 4.31 Å². The molecule has 0 aliphatic carbocycles. The van der Waals surface area contributed by atoms with Crippen molar-refractivity contribution >= 4 is 27.3 Å². The molecule has 0 radical (unpaired) electrons. The van der Waals surface area contributed by atoms with Crippen LogP contribution in [0.1, 0.15) is 28.6 Å². The van der Waals surface area contributed by atoms with Crippen LogP contribution in [0.25, 0.3) is 0 Å². The molecular weight excluding hydrogens is 312 g/mol. The van der Waals surface area contributed by atoms with Crippen molar-refractivity contribution in [2.24, 2.45) is 11.7 Å². The molecule has 0 saturated carbocycles. The molecule has 0 amide bonds. The molecule has 1 aromatic rings. The van der Waals surface area contributed by atoms with E-state index >= 15 is 0 Å². The minimum absolute atomic E-state index is 0.0474. The zero-order chi connectivity index (χ0) is 15.8. The first-order valence-corrected chi connectivity index (χ1v) is 9.03. The van der Waals surface area contributed by atoms with Gasteiger partial charge in [0.1, 0.15) is 9.77 Å². The number of carbonyl (C=O) groups is 1. The summed E-state index contributed by atoms with van der Waals surface area (Å²) < 4.78 is 31.7. The van der Waals surface area contributed by atoms with Gasteiger partial charge >= 0.3 is 5.97 Å². The van der Waals surface area contributed by atoms with E-state index in [1.807, 2.05) is 6.92 Å². The standard InChI is InChI=1S/C13H20N2O4S2/c1-8-7-20-11(13(16)19-3)12(8)21(17,18)15-5-4-10(6-15)9(2)14/h7,9-10H,4-6,14H2,1-3H3. The van der Waals surface area contributed by atoms with Crippen LogP contribution in [0, 0.1) is 12.8 Å². The lowest BCUT2D eigenvalue weighted by Gasteiger charge is -2.18. The Labute approximate surface area is 128 Å². The van der Waals surface area contributed by atoms with Gasteiger partial charge in [-0.1, -0.05) is 0 Å². The van der Waals surface area contributed by atoms with Gasteiger partial charge in [-0.25, -0.2) is 13.2 Å². The highest BCUT2D eigenvalue weighted by molar-refractivity contribution is 7.89. The van der Waals surface area contributed by atoms with Crippen LogP contribution in [0.2, 0.25) is 0 Å². The van der Waals surface area contributed by atoms with E-state index in [0.29, 0.717) is 18.7 Å². The second-order valence-electron chi connectivity index (χ2n) is 5.34. The Balaban J connectivity index is 2.37. The Morgan fingerprint density at radius 3 is 2.76 bits per heavy atom. The van der Waals surface area contributed by atoms with Crippen molar-refractivity contribution in [2.45, 2.75) is 31.2 Å². The van der Waals surface area contributed by atoms with E-state index in [1.165, 1.54) is 11.4 Å². The number of rotatable bonds is 4. The predicted octanol–water partition coefficient (Wildman–Crippen LogP) is 1.20. The number of ether oxygens (including phenoxy) is 1. The fraction of sp³-hybridized carbons (Fsp3) is 0.615. The molecule has 2 N–H and O–H groups in total. The first kappa shape index (κ1) is 16.4. The van der Waals surface area contributed by atoms with E-state index < -0.39 is 16.0 Å². The second kappa shape index (κ2) is 6.04. The summed E-state index contributed by atoms with van der Waals surface area (Å²) in [6.07, 6.45) is 0.744. The van der Waals surface area contributed by atoms with Crippen LogP contribution in [0.15, 0.2) is 10.3 Å². The average Bonchev–Trinajstić information content (AvgIpc) is 3.04. The first-order valence-electron chi connectivity index (χ1n) is 6.71. The van der Waals surface area contributed by atoms with E-state index in [0.717, 1.165) is 17.8 Å². The van der Waals surface area contributed by atoms with E-state index in [-0.39, 0.29) is 21.7 Å². The van der Waals surface area contributed by atoms with Gasteiger partial charge in [0.05, 0.1) is 7.11 Å². The summed E-state index contributed by atoms with van der Waals surface area (Å²) in [6.45, 7) is 4.41. The number of aryl methyl sites for hydroxylation is 1. The molecule has 1 saturated heterocycles. The Bertz CT molecular complexity index is 637. The van der Waals surface area contributed by atoms with E-state index in [9.17, 15) is 13.2 Å². The fourth-order valence-corrected chi connectivity index (χ4v) is 5.69. The minimum Gasteiger partial charge on any atom is -0.465 e. The number of methoxy groups -OCH3 is 1. The minimum atomic E-state index is -3.69. The van der Waals surface area contributed by atoms with Crippen LogP contribution in [0.3, 0.4) is 0 Å². The van der Waals surface area contributed by atoms with Gasteiger partial charge in [0.15, 0.2) is 0 Å². The first-order chi connectivity index (χ1) is 9.78. The highest BCUT2D eigenvalue weighted by atomic mass is 32.2. The number of nitrogens with two attached hydrogens (primary N) is 1. The molecule has 21 heavy (non-hydrogen) atoms. The molecule has 1 aliphatic rings. The molecule has 0 spiro atoms. The zero-order valence-corrected chi connectivity index (χ0v) is 14.0. The third kappa shape index (κ3) is 2.98. The zero-order valence-electron chi connectivity index (χ0n) is 12.3. The Morgan fingerprint density at radius 1 is 1.57 bits per heavy atom. The summed E-state index contributed by atoms with van der Waals surface area (Å²) in [5, 5.41) is 1.66. The molecule has 2 unspecified atom stereocenters. The third-order valence-corrected chi connectivity index (χ3v) is 7.08. The molecule has 1 aliphatic heterocycles. The topological polar surface area (TPSA) is 89.7 Å². The van der Waals surface area contributed by atoms with Crippen LogP contribution >= 0.6 is 11.3 Å². The van der Waals surface area contributed by atoms with Gasteiger partial charge in [-0.3, -0.25) is 0 Å². The number of thiophene rings is 1. The molecule has 8 heteroatoms. The molecule has 2 heterocycles. The molecule has 6 nitrogen and oxygen atoms in total. The number of esters is 1. The molecule has 2 rings (SSSR count). The van der Waals surface area contributed by atoms with Gasteiger partial charge in [0.2, 0.25) is 10.0 Å². The molecule has 0 aromatic carbocycles. The SMILES string of the molecule is COC(=O)c1scc(C)c1S(=O)(=O)N1CCC(C(C)N)C1. The van der Waals surface area contributed by atoms with Gasteiger partial charge in [-0.05, 0) is 37.1 Å². The second-order valence-corrected chi connectivity index (χ2v) is 8.09. The molecule has 0 bridgehead atoms. The van der Waals surface area contributed by atoms with Crippen molar-refractivity contribution < 1.29 is 17.9 Å². The largest absolute Gasteiger partial charge is 0.465 e. The normalized spacial score (nSPS) is 21.4. The molecule has 1 aromatic heterocycles. The van der Waals surface area contributed by atoms with Gasteiger partial charge < -0.3 is 10.5 Å². The quantitative estimate of drug-likeness (QED) is 0.837. The van der Waals surface area contributed by atoms with E-state index in [4.69, 9.17) is 5.73 Å². The maximum absolute atomic E-state index is 12.8. The Hall–Kier alpha value is -0.960. The van der Waals surface area contributed by atoms with Crippen LogP contribution in [0.4, 0.5) is 0 Å². The van der Waals surface area contributed by atoms with Gasteiger partial charge in [0.25, 0.3) is 0 Å². The predicted molar refractivity (Wildman–Crippen MR) is 80.9 cm³/mol. The van der Waals surface area contributed by atoms with E-state index in [1.54, 1.807) is 12.3 Å². The van der Waals surface area contributed by atoms with Gasteiger partial charge in [0, 0.05) is 19.1 Å². The highest BCUT2D eigenvalue weighted by Crippen LogP contribution is 2.33. The number of sulfonamides is 1. The molecular formula is C13H20N2O4S2. The smallest absolute Gasteiger partial charge is 0.349 e. The fourth-order valence-electron chi connectivity index (χ4n) is 2.52. The molecule has 118 valence electrons.